The maximum absolute atomic E-state index is 12.2. The largest absolute Gasteiger partial charge is 0.399 e. The van der Waals surface area contributed by atoms with Gasteiger partial charge in [0.25, 0.3) is 0 Å². The van der Waals surface area contributed by atoms with Gasteiger partial charge >= 0.3 is 0 Å². The summed E-state index contributed by atoms with van der Waals surface area (Å²) in [5.74, 6) is -0.150. The van der Waals surface area contributed by atoms with E-state index in [1.807, 2.05) is 0 Å². The van der Waals surface area contributed by atoms with Crippen molar-refractivity contribution in [2.45, 2.75) is 11.3 Å². The SMILES string of the molecule is CN(C)C(=O)CCNS(=O)(=O)c1c(Br)cc(N)cc1Br. The Kier molecular flexibility index (Phi) is 5.99. The van der Waals surface area contributed by atoms with Crippen LogP contribution in [0.15, 0.2) is 26.0 Å². The van der Waals surface area contributed by atoms with Crippen LogP contribution >= 0.6 is 31.9 Å². The molecule has 0 unspecified atom stereocenters. The molecule has 1 aromatic carbocycles. The van der Waals surface area contributed by atoms with Crippen LogP contribution in [-0.2, 0) is 14.8 Å². The zero-order valence-corrected chi connectivity index (χ0v) is 15.0. The minimum Gasteiger partial charge on any atom is -0.399 e. The van der Waals surface area contributed by atoms with E-state index < -0.39 is 10.0 Å². The molecular formula is C11H15Br2N3O3S. The Balaban J connectivity index is 2.88. The number of carbonyl (C=O) groups excluding carboxylic acids is 1. The van der Waals surface area contributed by atoms with Crippen molar-refractivity contribution in [1.29, 1.82) is 0 Å². The van der Waals surface area contributed by atoms with E-state index in [0.717, 1.165) is 0 Å². The monoisotopic (exact) mass is 427 g/mol. The smallest absolute Gasteiger partial charge is 0.242 e. The lowest BCUT2D eigenvalue weighted by molar-refractivity contribution is -0.128. The van der Waals surface area contributed by atoms with Crippen LogP contribution in [0.4, 0.5) is 5.69 Å². The quantitative estimate of drug-likeness (QED) is 0.696. The van der Waals surface area contributed by atoms with E-state index in [-0.39, 0.29) is 23.8 Å². The first-order valence-electron chi connectivity index (χ1n) is 5.59. The molecule has 0 radical (unpaired) electrons. The number of sulfonamides is 1. The van der Waals surface area contributed by atoms with Gasteiger partial charge in [0.05, 0.1) is 0 Å². The van der Waals surface area contributed by atoms with Gasteiger partial charge in [0.15, 0.2) is 0 Å². The summed E-state index contributed by atoms with van der Waals surface area (Å²) >= 11 is 6.35. The number of nitrogens with one attached hydrogen (secondary N) is 1. The van der Waals surface area contributed by atoms with Crippen LogP contribution in [0.5, 0.6) is 0 Å². The van der Waals surface area contributed by atoms with Crippen molar-refractivity contribution in [3.63, 3.8) is 0 Å². The van der Waals surface area contributed by atoms with Crippen molar-refractivity contribution in [3.05, 3.63) is 21.1 Å². The molecule has 0 aromatic heterocycles. The van der Waals surface area contributed by atoms with E-state index >= 15 is 0 Å². The van der Waals surface area contributed by atoms with Gasteiger partial charge in [-0.15, -0.1) is 0 Å². The zero-order valence-electron chi connectivity index (χ0n) is 11.0. The average molecular weight is 429 g/mol. The van der Waals surface area contributed by atoms with E-state index in [1.54, 1.807) is 14.1 Å². The molecule has 0 fully saturated rings. The number of halogens is 2. The fourth-order valence-corrected chi connectivity index (χ4v) is 5.07. The Hall–Kier alpha value is -0.640. The van der Waals surface area contributed by atoms with E-state index in [9.17, 15) is 13.2 Å². The minimum absolute atomic E-state index is 0.0304. The molecule has 0 aliphatic heterocycles. The van der Waals surface area contributed by atoms with Crippen LogP contribution in [0, 0.1) is 0 Å². The van der Waals surface area contributed by atoms with Gasteiger partial charge in [-0.25, -0.2) is 13.1 Å². The second kappa shape index (κ2) is 6.88. The molecule has 0 heterocycles. The van der Waals surface area contributed by atoms with Crippen molar-refractivity contribution >= 4 is 53.5 Å². The number of benzene rings is 1. The molecule has 0 saturated carbocycles. The first-order valence-corrected chi connectivity index (χ1v) is 8.66. The van der Waals surface area contributed by atoms with E-state index in [1.165, 1.54) is 17.0 Å². The Morgan fingerprint density at radius 2 is 1.80 bits per heavy atom. The first-order chi connectivity index (χ1) is 9.15. The maximum atomic E-state index is 12.2. The number of hydrogen-bond acceptors (Lipinski definition) is 4. The molecule has 1 rings (SSSR count). The Morgan fingerprint density at radius 1 is 1.30 bits per heavy atom. The number of nitrogens with two attached hydrogens (primary N) is 1. The highest BCUT2D eigenvalue weighted by Gasteiger charge is 2.21. The summed E-state index contributed by atoms with van der Waals surface area (Å²) in [6.07, 6.45) is 0.0937. The molecule has 9 heteroatoms. The van der Waals surface area contributed by atoms with Gasteiger partial charge in [-0.2, -0.15) is 0 Å². The standard InChI is InChI=1S/C11H15Br2N3O3S/c1-16(2)10(17)3-4-15-20(18,19)11-8(12)5-7(14)6-9(11)13/h5-6,15H,3-4,14H2,1-2H3. The molecule has 6 nitrogen and oxygen atoms in total. The van der Waals surface area contributed by atoms with Crippen LogP contribution in [0.3, 0.4) is 0 Å². The fraction of sp³-hybridized carbons (Fsp3) is 0.364. The lowest BCUT2D eigenvalue weighted by atomic mass is 10.3. The maximum Gasteiger partial charge on any atom is 0.242 e. The number of nitrogen functional groups attached to an aromatic ring is 1. The van der Waals surface area contributed by atoms with Crippen molar-refractivity contribution in [3.8, 4) is 0 Å². The first kappa shape index (κ1) is 17.4. The predicted molar refractivity (Wildman–Crippen MR) is 84.8 cm³/mol. The molecule has 0 saturated heterocycles. The molecule has 0 aliphatic rings. The molecule has 0 spiro atoms. The van der Waals surface area contributed by atoms with E-state index in [2.05, 4.69) is 36.6 Å². The number of nitrogens with zero attached hydrogens (tertiary/aromatic N) is 1. The van der Waals surface area contributed by atoms with Gasteiger partial charge in [-0.05, 0) is 44.0 Å². The highest BCUT2D eigenvalue weighted by atomic mass is 79.9. The van der Waals surface area contributed by atoms with E-state index in [0.29, 0.717) is 14.6 Å². The van der Waals surface area contributed by atoms with Crippen LogP contribution < -0.4 is 10.5 Å². The fourth-order valence-electron chi connectivity index (χ4n) is 1.42. The second-order valence-electron chi connectivity index (χ2n) is 4.25. The summed E-state index contributed by atoms with van der Waals surface area (Å²) in [5, 5.41) is 0. The lowest BCUT2D eigenvalue weighted by Gasteiger charge is -2.13. The Morgan fingerprint density at radius 3 is 2.25 bits per heavy atom. The summed E-state index contributed by atoms with van der Waals surface area (Å²) in [4.78, 5) is 12.9. The number of anilines is 1. The molecule has 0 aliphatic carbocycles. The average Bonchev–Trinajstić information content (AvgIpc) is 2.26. The van der Waals surface area contributed by atoms with E-state index in [4.69, 9.17) is 5.73 Å². The molecule has 1 aromatic rings. The third kappa shape index (κ3) is 4.44. The van der Waals surface area contributed by atoms with Gasteiger partial charge < -0.3 is 10.6 Å². The summed E-state index contributed by atoms with van der Waals surface area (Å²) < 4.78 is 27.5. The van der Waals surface area contributed by atoms with Crippen LogP contribution in [-0.4, -0.2) is 39.9 Å². The highest BCUT2D eigenvalue weighted by molar-refractivity contribution is 9.11. The summed E-state index contributed by atoms with van der Waals surface area (Å²) in [7, 11) is -0.500. The van der Waals surface area contributed by atoms with Crippen molar-refractivity contribution in [2.24, 2.45) is 0 Å². The lowest BCUT2D eigenvalue weighted by Crippen LogP contribution is -2.30. The number of hydrogen-bond donors (Lipinski definition) is 2. The van der Waals surface area contributed by atoms with Gasteiger partial charge in [0.1, 0.15) is 4.90 Å². The molecule has 3 N–H and O–H groups in total. The summed E-state index contributed by atoms with van der Waals surface area (Å²) in [6, 6.07) is 3.01. The molecule has 20 heavy (non-hydrogen) atoms. The van der Waals surface area contributed by atoms with Crippen LogP contribution in [0.25, 0.3) is 0 Å². The normalized spacial score (nSPS) is 11.4. The third-order valence-electron chi connectivity index (χ3n) is 2.42. The summed E-state index contributed by atoms with van der Waals surface area (Å²) in [6.45, 7) is 0.0304. The van der Waals surface area contributed by atoms with Gasteiger partial charge in [-0.3, -0.25) is 4.79 Å². The summed E-state index contributed by atoms with van der Waals surface area (Å²) in [5.41, 5.74) is 6.05. The van der Waals surface area contributed by atoms with Gasteiger partial charge in [0.2, 0.25) is 15.9 Å². The third-order valence-corrected chi connectivity index (χ3v) is 5.76. The van der Waals surface area contributed by atoms with Crippen LogP contribution in [0.1, 0.15) is 6.42 Å². The van der Waals surface area contributed by atoms with Gasteiger partial charge in [-0.1, -0.05) is 0 Å². The molecule has 0 bridgehead atoms. The highest BCUT2D eigenvalue weighted by Crippen LogP contribution is 2.32. The molecule has 112 valence electrons. The molecule has 1 amide bonds. The topological polar surface area (TPSA) is 92.5 Å². The second-order valence-corrected chi connectivity index (χ2v) is 7.66. The molecular weight excluding hydrogens is 414 g/mol. The zero-order chi connectivity index (χ0) is 15.5. The number of carbonyl (C=O) groups is 1. The Bertz CT molecular complexity index is 594. The number of amides is 1. The van der Waals surface area contributed by atoms with Crippen LogP contribution in [0.2, 0.25) is 0 Å². The predicted octanol–water partition coefficient (Wildman–Crippen LogP) is 1.55. The van der Waals surface area contributed by atoms with Crippen molar-refractivity contribution < 1.29 is 13.2 Å². The van der Waals surface area contributed by atoms with Crippen molar-refractivity contribution in [2.75, 3.05) is 26.4 Å². The molecule has 0 atom stereocenters. The van der Waals surface area contributed by atoms with Crippen molar-refractivity contribution in [1.82, 2.24) is 9.62 Å². The number of rotatable bonds is 5. The minimum atomic E-state index is -3.73. The van der Waals surface area contributed by atoms with Gasteiger partial charge in [0, 0.05) is 41.7 Å². The Labute approximate surface area is 135 Å².